The van der Waals surface area contributed by atoms with Crippen LogP contribution in [0, 0.1) is 0 Å². The number of benzene rings is 2. The van der Waals surface area contributed by atoms with E-state index in [0.29, 0.717) is 35.8 Å². The van der Waals surface area contributed by atoms with Crippen LogP contribution in [0.4, 0.5) is 11.6 Å². The maximum absolute atomic E-state index is 13.5. The van der Waals surface area contributed by atoms with Crippen molar-refractivity contribution in [2.45, 2.75) is 20.4 Å². The molecule has 0 spiro atoms. The van der Waals surface area contributed by atoms with E-state index in [9.17, 15) is 9.59 Å². The number of ether oxygens (including phenoxy) is 1. The third-order valence-electron chi connectivity index (χ3n) is 5.11. The molecule has 3 aromatic heterocycles. The van der Waals surface area contributed by atoms with Crippen molar-refractivity contribution in [2.75, 3.05) is 11.9 Å². The zero-order valence-electron chi connectivity index (χ0n) is 17.6. The van der Waals surface area contributed by atoms with Crippen LogP contribution >= 0.6 is 0 Å². The lowest BCUT2D eigenvalue weighted by molar-refractivity contribution is 0.340. The van der Waals surface area contributed by atoms with E-state index >= 15 is 0 Å². The smallest absolute Gasteiger partial charge is 0.359 e. The number of hydrogen-bond acceptors (Lipinski definition) is 6. The Morgan fingerprint density at radius 3 is 2.34 bits per heavy atom. The summed E-state index contributed by atoms with van der Waals surface area (Å²) in [6, 6.07) is 16.1. The Labute approximate surface area is 181 Å². The Bertz CT molecular complexity index is 1530. The van der Waals surface area contributed by atoms with Gasteiger partial charge in [-0.15, -0.1) is 0 Å². The van der Waals surface area contributed by atoms with Crippen LogP contribution in [-0.2, 0) is 6.54 Å². The number of fused-ring (bicyclic) bond motifs is 3. The summed E-state index contributed by atoms with van der Waals surface area (Å²) in [7, 11) is 0. The van der Waals surface area contributed by atoms with Gasteiger partial charge < -0.3 is 10.1 Å². The van der Waals surface area contributed by atoms with Crippen molar-refractivity contribution in [3.8, 4) is 11.4 Å². The van der Waals surface area contributed by atoms with Crippen molar-refractivity contribution in [2.24, 2.45) is 0 Å². The van der Waals surface area contributed by atoms with Gasteiger partial charge in [0, 0.05) is 12.2 Å². The minimum absolute atomic E-state index is 0.214. The third kappa shape index (κ3) is 3.04. The highest BCUT2D eigenvalue weighted by Gasteiger charge is 2.21. The second-order valence-electron chi connectivity index (χ2n) is 7.05. The number of hydrogen-bond donors (Lipinski definition) is 1. The number of rotatable bonds is 6. The van der Waals surface area contributed by atoms with Crippen LogP contribution in [0.2, 0.25) is 0 Å². The summed E-state index contributed by atoms with van der Waals surface area (Å²) in [6.45, 7) is 4.91. The number of nitrogens with zero attached hydrogens (tertiary/aromatic N) is 6. The molecule has 1 N–H and O–H groups in total. The average Bonchev–Trinajstić information content (AvgIpc) is 3.33. The van der Waals surface area contributed by atoms with Gasteiger partial charge in [-0.25, -0.2) is 18.8 Å². The summed E-state index contributed by atoms with van der Waals surface area (Å²) in [6.07, 6.45) is 1.54. The molecular weight excluding hydrogens is 410 g/mol. The van der Waals surface area contributed by atoms with Crippen LogP contribution < -0.4 is 21.4 Å². The fourth-order valence-electron chi connectivity index (χ4n) is 3.66. The molecule has 0 bridgehead atoms. The van der Waals surface area contributed by atoms with E-state index in [1.165, 1.54) is 9.03 Å². The average molecular weight is 431 g/mol. The van der Waals surface area contributed by atoms with E-state index in [-0.39, 0.29) is 5.95 Å². The van der Waals surface area contributed by atoms with E-state index in [4.69, 9.17) is 4.74 Å². The highest BCUT2D eigenvalue weighted by molar-refractivity contribution is 5.72. The lowest BCUT2D eigenvalue weighted by Gasteiger charge is -2.09. The summed E-state index contributed by atoms with van der Waals surface area (Å²) in [5, 5.41) is 7.48. The molecule has 0 unspecified atom stereocenters. The molecule has 0 atom stereocenters. The minimum Gasteiger partial charge on any atom is -0.494 e. The largest absolute Gasteiger partial charge is 0.494 e. The van der Waals surface area contributed by atoms with Gasteiger partial charge in [-0.3, -0.25) is 0 Å². The third-order valence-corrected chi connectivity index (χ3v) is 5.11. The molecule has 0 amide bonds. The van der Waals surface area contributed by atoms with Crippen LogP contribution in [0.15, 0.2) is 70.4 Å². The molecule has 162 valence electrons. The molecule has 3 heterocycles. The fraction of sp³-hybridized carbons (Fsp3) is 0.182. The van der Waals surface area contributed by atoms with Crippen LogP contribution in [0.3, 0.4) is 0 Å². The standard InChI is InChI=1S/C22H21N7O3/c1-3-26-19-18(14-23-26)28-21(30)27(16-10-12-17(13-11-16)32-4-2)22(31)29(28)20(25-19)24-15-8-6-5-7-9-15/h5-14H,3-4H2,1-2H3,(H,24,25). The molecule has 0 saturated carbocycles. The first-order chi connectivity index (χ1) is 15.6. The van der Waals surface area contributed by atoms with E-state index in [1.807, 2.05) is 44.2 Å². The minimum atomic E-state index is -0.545. The molecule has 0 aliphatic heterocycles. The van der Waals surface area contributed by atoms with Gasteiger partial charge in [0.05, 0.1) is 18.5 Å². The molecule has 0 fully saturated rings. The molecule has 2 aromatic carbocycles. The zero-order chi connectivity index (χ0) is 22.2. The van der Waals surface area contributed by atoms with E-state index in [1.54, 1.807) is 35.1 Å². The van der Waals surface area contributed by atoms with E-state index < -0.39 is 11.4 Å². The molecule has 32 heavy (non-hydrogen) atoms. The van der Waals surface area contributed by atoms with Gasteiger partial charge in [0.25, 0.3) is 0 Å². The van der Waals surface area contributed by atoms with E-state index in [2.05, 4.69) is 15.4 Å². The summed E-state index contributed by atoms with van der Waals surface area (Å²) >= 11 is 0. The summed E-state index contributed by atoms with van der Waals surface area (Å²) in [5.41, 5.74) is 1.04. The number of para-hydroxylation sites is 1. The lowest BCUT2D eigenvalue weighted by atomic mass is 10.3. The maximum atomic E-state index is 13.5. The van der Waals surface area contributed by atoms with Gasteiger partial charge in [-0.1, -0.05) is 18.2 Å². The van der Waals surface area contributed by atoms with Gasteiger partial charge >= 0.3 is 11.4 Å². The first-order valence-electron chi connectivity index (χ1n) is 10.3. The van der Waals surface area contributed by atoms with Crippen molar-refractivity contribution < 1.29 is 4.74 Å². The van der Waals surface area contributed by atoms with Crippen molar-refractivity contribution in [3.05, 3.63) is 81.8 Å². The lowest BCUT2D eigenvalue weighted by Crippen LogP contribution is -2.26. The molecule has 0 aliphatic rings. The Morgan fingerprint density at radius 2 is 1.66 bits per heavy atom. The monoisotopic (exact) mass is 431 g/mol. The summed E-state index contributed by atoms with van der Waals surface area (Å²) in [4.78, 5) is 31.6. The maximum Gasteiger partial charge on any atom is 0.359 e. The van der Waals surface area contributed by atoms with Crippen molar-refractivity contribution in [1.29, 1.82) is 0 Å². The first kappa shape index (κ1) is 19.6. The van der Waals surface area contributed by atoms with Gasteiger partial charge in [0.2, 0.25) is 5.95 Å². The molecule has 10 nitrogen and oxygen atoms in total. The van der Waals surface area contributed by atoms with E-state index in [0.717, 1.165) is 10.3 Å². The molecule has 0 radical (unpaired) electrons. The topological polar surface area (TPSA) is 99.9 Å². The van der Waals surface area contributed by atoms with Gasteiger partial charge in [0.1, 0.15) is 11.3 Å². The predicted octanol–water partition coefficient (Wildman–Crippen LogP) is 2.46. The van der Waals surface area contributed by atoms with Crippen molar-refractivity contribution in [1.82, 2.24) is 28.4 Å². The Balaban J connectivity index is 1.80. The Hall–Kier alpha value is -4.34. The van der Waals surface area contributed by atoms with Crippen molar-refractivity contribution >= 4 is 22.8 Å². The van der Waals surface area contributed by atoms with Gasteiger partial charge in [0.15, 0.2) is 5.65 Å². The van der Waals surface area contributed by atoms with Crippen LogP contribution in [-0.4, -0.2) is 35.0 Å². The van der Waals surface area contributed by atoms with Gasteiger partial charge in [-0.05, 0) is 50.2 Å². The molecule has 5 aromatic rings. The number of anilines is 2. The molecule has 5 rings (SSSR count). The molecule has 10 heteroatoms. The number of aryl methyl sites for hydroxylation is 1. The first-order valence-corrected chi connectivity index (χ1v) is 10.3. The predicted molar refractivity (Wildman–Crippen MR) is 120 cm³/mol. The van der Waals surface area contributed by atoms with Gasteiger partial charge in [-0.2, -0.15) is 19.1 Å². The second kappa shape index (κ2) is 7.73. The highest BCUT2D eigenvalue weighted by Crippen LogP contribution is 2.18. The van der Waals surface area contributed by atoms with Crippen LogP contribution in [0.1, 0.15) is 13.8 Å². The Morgan fingerprint density at radius 1 is 0.938 bits per heavy atom. The SMILES string of the molecule is CCOc1ccc(-n2c(=O)n3c(Nc4ccccc4)nc4c(cnn4CC)n3c2=O)cc1. The van der Waals surface area contributed by atoms with Crippen LogP contribution in [0.5, 0.6) is 5.75 Å². The van der Waals surface area contributed by atoms with Crippen LogP contribution in [0.25, 0.3) is 16.9 Å². The summed E-state index contributed by atoms with van der Waals surface area (Å²) in [5.74, 6) is 0.874. The normalized spacial score (nSPS) is 11.3. The van der Waals surface area contributed by atoms with Crippen molar-refractivity contribution in [3.63, 3.8) is 0 Å². The molecule has 0 saturated heterocycles. The number of nitrogens with one attached hydrogen (secondary N) is 1. The highest BCUT2D eigenvalue weighted by atomic mass is 16.5. The molecular formula is C22H21N7O3. The summed E-state index contributed by atoms with van der Waals surface area (Å²) < 4.78 is 10.8. The second-order valence-corrected chi connectivity index (χ2v) is 7.05. The fourth-order valence-corrected chi connectivity index (χ4v) is 3.66. The zero-order valence-corrected chi connectivity index (χ0v) is 17.6. The Kier molecular flexibility index (Phi) is 4.74. The molecule has 0 aliphatic carbocycles. The number of aromatic nitrogens is 6. The quantitative estimate of drug-likeness (QED) is 0.443.